The van der Waals surface area contributed by atoms with E-state index in [9.17, 15) is 9.18 Å². The Labute approximate surface area is 167 Å². The zero-order valence-electron chi connectivity index (χ0n) is 16.2. The number of carbonyl (C=O) groups excluding carboxylic acids is 1. The highest BCUT2D eigenvalue weighted by Gasteiger charge is 2.31. The summed E-state index contributed by atoms with van der Waals surface area (Å²) in [6.07, 6.45) is 9.06. The van der Waals surface area contributed by atoms with Crippen LogP contribution in [0.15, 0.2) is 30.9 Å². The minimum atomic E-state index is -0.498. The Morgan fingerprint density at radius 1 is 1.14 bits per heavy atom. The summed E-state index contributed by atoms with van der Waals surface area (Å²) >= 11 is 0. The molecule has 1 aliphatic carbocycles. The van der Waals surface area contributed by atoms with E-state index in [0.29, 0.717) is 11.4 Å². The quantitative estimate of drug-likeness (QED) is 0.729. The Balaban J connectivity index is 1.26. The molecule has 4 heterocycles. The number of hydrogen-bond acceptors (Lipinski definition) is 6. The van der Waals surface area contributed by atoms with E-state index >= 15 is 0 Å². The molecule has 1 saturated heterocycles. The molecule has 150 valence electrons. The topological polar surface area (TPSA) is 78.7 Å². The monoisotopic (exact) mass is 395 g/mol. The van der Waals surface area contributed by atoms with Crippen molar-refractivity contribution in [2.75, 3.05) is 36.4 Å². The molecule has 0 spiro atoms. The fourth-order valence-corrected chi connectivity index (χ4v) is 3.80. The van der Waals surface area contributed by atoms with Crippen LogP contribution < -0.4 is 10.2 Å². The van der Waals surface area contributed by atoms with Gasteiger partial charge in [0.2, 0.25) is 0 Å². The maximum Gasteiger partial charge on any atom is 0.275 e. The van der Waals surface area contributed by atoms with Gasteiger partial charge in [-0.1, -0.05) is 0 Å². The lowest BCUT2D eigenvalue weighted by molar-refractivity contribution is 0.102. The third-order valence-corrected chi connectivity index (χ3v) is 5.46. The van der Waals surface area contributed by atoms with Crippen LogP contribution in [0.4, 0.5) is 15.9 Å². The molecule has 3 aromatic rings. The highest BCUT2D eigenvalue weighted by molar-refractivity contribution is 6.02. The maximum absolute atomic E-state index is 14.2. The lowest BCUT2D eigenvalue weighted by atomic mass is 10.3. The summed E-state index contributed by atoms with van der Waals surface area (Å²) < 4.78 is 15.7. The van der Waals surface area contributed by atoms with Crippen molar-refractivity contribution < 1.29 is 9.18 Å². The molecule has 1 saturated carbocycles. The van der Waals surface area contributed by atoms with E-state index in [2.05, 4.69) is 30.1 Å². The minimum absolute atomic E-state index is 0.188. The van der Waals surface area contributed by atoms with Crippen molar-refractivity contribution in [3.05, 3.63) is 48.1 Å². The fraction of sp³-hybridized carbons (Fsp3) is 0.400. The normalized spacial score (nSPS) is 17.7. The summed E-state index contributed by atoms with van der Waals surface area (Å²) in [5.41, 5.74) is 1.45. The van der Waals surface area contributed by atoms with Crippen molar-refractivity contribution in [2.24, 2.45) is 0 Å². The van der Waals surface area contributed by atoms with Crippen LogP contribution in [0, 0.1) is 12.7 Å². The smallest absolute Gasteiger partial charge is 0.275 e. The first kappa shape index (κ1) is 18.0. The molecule has 29 heavy (non-hydrogen) atoms. The molecule has 0 bridgehead atoms. The summed E-state index contributed by atoms with van der Waals surface area (Å²) in [5, 5.41) is 2.67. The van der Waals surface area contributed by atoms with E-state index in [1.54, 1.807) is 29.9 Å². The second kappa shape index (κ2) is 7.07. The largest absolute Gasteiger partial charge is 0.353 e. The number of amides is 1. The van der Waals surface area contributed by atoms with Crippen molar-refractivity contribution in [1.29, 1.82) is 0 Å². The molecule has 5 rings (SSSR count). The zero-order chi connectivity index (χ0) is 20.0. The van der Waals surface area contributed by atoms with E-state index in [4.69, 9.17) is 0 Å². The van der Waals surface area contributed by atoms with Gasteiger partial charge in [-0.15, -0.1) is 0 Å². The molecule has 1 N–H and O–H groups in total. The molecule has 2 aliphatic rings. The number of halogens is 1. The maximum atomic E-state index is 14.2. The van der Waals surface area contributed by atoms with E-state index in [0.717, 1.165) is 38.0 Å². The Hall–Kier alpha value is -3.07. The lowest BCUT2D eigenvalue weighted by Crippen LogP contribution is -2.47. The molecule has 1 amide bonds. The number of aryl methyl sites for hydroxylation is 1. The number of imidazole rings is 1. The molecule has 0 radical (unpaired) electrons. The van der Waals surface area contributed by atoms with Gasteiger partial charge in [0.15, 0.2) is 11.5 Å². The number of anilines is 2. The van der Waals surface area contributed by atoms with Crippen LogP contribution in [0.5, 0.6) is 0 Å². The lowest BCUT2D eigenvalue weighted by Gasteiger charge is -2.35. The van der Waals surface area contributed by atoms with E-state index in [-0.39, 0.29) is 11.3 Å². The Morgan fingerprint density at radius 3 is 2.62 bits per heavy atom. The standard InChI is InChI=1S/C20H22FN7O/c1-13-11-28-12-14(8-16(21)19(28)24-13)25-20(29)17-9-23-18(10-22-17)27-6-4-26(5-7-27)15-2-3-15/h8-12,15H,2-7H2,1H3,(H,25,29). The van der Waals surface area contributed by atoms with Gasteiger partial charge < -0.3 is 14.6 Å². The van der Waals surface area contributed by atoms with Gasteiger partial charge in [-0.3, -0.25) is 9.69 Å². The van der Waals surface area contributed by atoms with Crippen molar-refractivity contribution in [1.82, 2.24) is 24.3 Å². The summed E-state index contributed by atoms with van der Waals surface area (Å²) in [7, 11) is 0. The van der Waals surface area contributed by atoms with Crippen molar-refractivity contribution in [3.8, 4) is 0 Å². The van der Waals surface area contributed by atoms with Crippen LogP contribution in [0.1, 0.15) is 29.0 Å². The SMILES string of the molecule is Cc1cn2cc(NC(=O)c3cnc(N4CCN(C5CC5)CC4)cn3)cc(F)c2n1. The second-order valence-electron chi connectivity index (χ2n) is 7.66. The zero-order valence-corrected chi connectivity index (χ0v) is 16.2. The number of piperazine rings is 1. The van der Waals surface area contributed by atoms with Crippen LogP contribution >= 0.6 is 0 Å². The fourth-order valence-electron chi connectivity index (χ4n) is 3.80. The third kappa shape index (κ3) is 3.65. The van der Waals surface area contributed by atoms with Crippen molar-refractivity contribution in [2.45, 2.75) is 25.8 Å². The number of nitrogens with zero attached hydrogens (tertiary/aromatic N) is 6. The molecule has 3 aromatic heterocycles. The number of fused-ring (bicyclic) bond motifs is 1. The second-order valence-corrected chi connectivity index (χ2v) is 7.66. The van der Waals surface area contributed by atoms with Gasteiger partial charge in [-0.05, 0) is 19.8 Å². The molecule has 9 heteroatoms. The van der Waals surface area contributed by atoms with Gasteiger partial charge in [0.25, 0.3) is 5.91 Å². The number of hydrogen-bond donors (Lipinski definition) is 1. The highest BCUT2D eigenvalue weighted by Crippen LogP contribution is 2.28. The number of rotatable bonds is 4. The molecule has 1 aliphatic heterocycles. The number of carbonyl (C=O) groups is 1. The highest BCUT2D eigenvalue weighted by atomic mass is 19.1. The predicted molar refractivity (Wildman–Crippen MR) is 107 cm³/mol. The van der Waals surface area contributed by atoms with E-state index < -0.39 is 11.7 Å². The first-order valence-electron chi connectivity index (χ1n) is 9.84. The molecule has 0 unspecified atom stereocenters. The number of aromatic nitrogens is 4. The number of nitrogens with one attached hydrogen (secondary N) is 1. The average molecular weight is 395 g/mol. The van der Waals surface area contributed by atoms with Crippen molar-refractivity contribution in [3.63, 3.8) is 0 Å². The molecular formula is C20H22FN7O. The minimum Gasteiger partial charge on any atom is -0.353 e. The first-order valence-corrected chi connectivity index (χ1v) is 9.84. The van der Waals surface area contributed by atoms with Gasteiger partial charge >= 0.3 is 0 Å². The molecule has 8 nitrogen and oxygen atoms in total. The van der Waals surface area contributed by atoms with Crippen LogP contribution in [0.3, 0.4) is 0 Å². The number of pyridine rings is 1. The van der Waals surface area contributed by atoms with E-state index in [1.807, 2.05) is 0 Å². The van der Waals surface area contributed by atoms with Gasteiger partial charge in [-0.2, -0.15) is 0 Å². The molecular weight excluding hydrogens is 373 g/mol. The van der Waals surface area contributed by atoms with Crippen LogP contribution in [-0.2, 0) is 0 Å². The van der Waals surface area contributed by atoms with Gasteiger partial charge in [0, 0.05) is 50.7 Å². The summed E-state index contributed by atoms with van der Waals surface area (Å²) in [6, 6.07) is 2.03. The van der Waals surface area contributed by atoms with Crippen LogP contribution in [0.25, 0.3) is 5.65 Å². The third-order valence-electron chi connectivity index (χ3n) is 5.46. The Morgan fingerprint density at radius 2 is 1.93 bits per heavy atom. The predicted octanol–water partition coefficient (Wildman–Crippen LogP) is 2.11. The average Bonchev–Trinajstić information content (AvgIpc) is 3.50. The van der Waals surface area contributed by atoms with Crippen molar-refractivity contribution >= 4 is 23.1 Å². The Bertz CT molecular complexity index is 1050. The molecule has 2 fully saturated rings. The Kier molecular flexibility index (Phi) is 4.39. The molecule has 0 atom stereocenters. The van der Waals surface area contributed by atoms with Gasteiger partial charge in [0.05, 0.1) is 23.8 Å². The van der Waals surface area contributed by atoms with E-state index in [1.165, 1.54) is 25.1 Å². The first-order chi connectivity index (χ1) is 14.1. The van der Waals surface area contributed by atoms with Crippen LogP contribution in [-0.4, -0.2) is 62.4 Å². The van der Waals surface area contributed by atoms with Gasteiger partial charge in [-0.25, -0.2) is 19.3 Å². The van der Waals surface area contributed by atoms with Gasteiger partial charge in [0.1, 0.15) is 11.5 Å². The molecule has 0 aromatic carbocycles. The summed E-state index contributed by atoms with van der Waals surface area (Å²) in [5.74, 6) is -0.154. The summed E-state index contributed by atoms with van der Waals surface area (Å²) in [6.45, 7) is 5.70. The summed E-state index contributed by atoms with van der Waals surface area (Å²) in [4.78, 5) is 30.0. The van der Waals surface area contributed by atoms with Crippen LogP contribution in [0.2, 0.25) is 0 Å².